The number of carbonyl (C=O) groups excluding carboxylic acids is 1. The predicted molar refractivity (Wildman–Crippen MR) is 72.3 cm³/mol. The number of benzene rings is 1. The molecule has 2 N–H and O–H groups in total. The van der Waals surface area contributed by atoms with Gasteiger partial charge in [-0.15, -0.1) is 0 Å². The van der Waals surface area contributed by atoms with Crippen molar-refractivity contribution in [1.29, 1.82) is 0 Å². The predicted octanol–water partition coefficient (Wildman–Crippen LogP) is 2.16. The fourth-order valence-corrected chi connectivity index (χ4v) is 1.63. The molecule has 1 amide bonds. The van der Waals surface area contributed by atoms with Crippen LogP contribution in [0.3, 0.4) is 0 Å². The number of rotatable bonds is 6. The third-order valence-corrected chi connectivity index (χ3v) is 2.58. The number of hydrogen-bond acceptors (Lipinski definition) is 3. The number of amides is 1. The topological polar surface area (TPSA) is 50.4 Å². The minimum atomic E-state index is -0.372. The van der Waals surface area contributed by atoms with Crippen molar-refractivity contribution < 1.29 is 9.53 Å². The first-order valence-corrected chi connectivity index (χ1v) is 6.13. The molecule has 1 aromatic carbocycles. The van der Waals surface area contributed by atoms with Crippen LogP contribution < -0.4 is 10.6 Å². The summed E-state index contributed by atoms with van der Waals surface area (Å²) >= 11 is 0. The average molecular weight is 250 g/mol. The van der Waals surface area contributed by atoms with E-state index in [1.54, 1.807) is 0 Å². The van der Waals surface area contributed by atoms with Gasteiger partial charge < -0.3 is 15.4 Å². The second-order valence-corrected chi connectivity index (χ2v) is 5.11. The Labute approximate surface area is 109 Å². The molecular formula is C14H22N2O2. The molecule has 4 heteroatoms. The van der Waals surface area contributed by atoms with Gasteiger partial charge in [0.15, 0.2) is 0 Å². The third-order valence-electron chi connectivity index (χ3n) is 2.58. The van der Waals surface area contributed by atoms with Crippen LogP contribution in [0.1, 0.15) is 19.4 Å². The lowest BCUT2D eigenvalue weighted by molar-refractivity contribution is 0.135. The lowest BCUT2D eigenvalue weighted by Gasteiger charge is -2.24. The van der Waals surface area contributed by atoms with Gasteiger partial charge in [-0.25, -0.2) is 4.79 Å². The molecule has 0 aliphatic carbocycles. The van der Waals surface area contributed by atoms with Gasteiger partial charge in [0.05, 0.1) is 0 Å². The summed E-state index contributed by atoms with van der Waals surface area (Å²) in [6.45, 7) is 5.90. The highest BCUT2D eigenvalue weighted by molar-refractivity contribution is 5.67. The standard InChI is InChI=1S/C14H22N2O2/c1-14(2,10-15-3)11-16-13(17)18-9-12-7-5-4-6-8-12/h4-8,15H,9-11H2,1-3H3,(H,16,17). The maximum atomic E-state index is 11.5. The molecule has 0 heterocycles. The van der Waals surface area contributed by atoms with Gasteiger partial charge in [-0.1, -0.05) is 44.2 Å². The second kappa shape index (κ2) is 7.01. The van der Waals surface area contributed by atoms with Crippen molar-refractivity contribution in [3.8, 4) is 0 Å². The summed E-state index contributed by atoms with van der Waals surface area (Å²) in [5.41, 5.74) is 1.00. The van der Waals surface area contributed by atoms with E-state index in [9.17, 15) is 4.79 Å². The van der Waals surface area contributed by atoms with Crippen molar-refractivity contribution >= 4 is 6.09 Å². The minimum Gasteiger partial charge on any atom is -0.445 e. The van der Waals surface area contributed by atoms with E-state index in [0.29, 0.717) is 13.2 Å². The molecule has 0 aliphatic heterocycles. The van der Waals surface area contributed by atoms with Crippen LogP contribution in [0.2, 0.25) is 0 Å². The fourth-order valence-electron chi connectivity index (χ4n) is 1.63. The highest BCUT2D eigenvalue weighted by Gasteiger charge is 2.17. The number of carbonyl (C=O) groups is 1. The van der Waals surface area contributed by atoms with Gasteiger partial charge in [-0.2, -0.15) is 0 Å². The normalized spacial score (nSPS) is 11.1. The van der Waals surface area contributed by atoms with Crippen molar-refractivity contribution in [2.75, 3.05) is 20.1 Å². The number of hydrogen-bond donors (Lipinski definition) is 2. The third kappa shape index (κ3) is 5.68. The van der Waals surface area contributed by atoms with Crippen LogP contribution in [0.4, 0.5) is 4.79 Å². The van der Waals surface area contributed by atoms with E-state index >= 15 is 0 Å². The Kier molecular flexibility index (Phi) is 5.65. The molecule has 0 unspecified atom stereocenters. The molecule has 18 heavy (non-hydrogen) atoms. The van der Waals surface area contributed by atoms with E-state index < -0.39 is 0 Å². The Morgan fingerprint density at radius 2 is 1.89 bits per heavy atom. The van der Waals surface area contributed by atoms with Crippen molar-refractivity contribution in [2.45, 2.75) is 20.5 Å². The zero-order valence-corrected chi connectivity index (χ0v) is 11.3. The minimum absolute atomic E-state index is 0.0144. The maximum absolute atomic E-state index is 11.5. The van der Waals surface area contributed by atoms with Crippen LogP contribution in [0.25, 0.3) is 0 Å². The summed E-state index contributed by atoms with van der Waals surface area (Å²) in [7, 11) is 1.90. The molecule has 4 nitrogen and oxygen atoms in total. The highest BCUT2D eigenvalue weighted by Crippen LogP contribution is 2.11. The maximum Gasteiger partial charge on any atom is 0.407 e. The fraction of sp³-hybridized carbons (Fsp3) is 0.500. The lowest BCUT2D eigenvalue weighted by atomic mass is 9.94. The molecular weight excluding hydrogens is 228 g/mol. The van der Waals surface area contributed by atoms with Gasteiger partial charge >= 0.3 is 6.09 Å². The number of ether oxygens (including phenoxy) is 1. The molecule has 0 saturated heterocycles. The summed E-state index contributed by atoms with van der Waals surface area (Å²) in [4.78, 5) is 11.5. The molecule has 0 aromatic heterocycles. The summed E-state index contributed by atoms with van der Waals surface area (Å²) in [6, 6.07) is 9.64. The monoisotopic (exact) mass is 250 g/mol. The van der Waals surface area contributed by atoms with Crippen LogP contribution in [-0.4, -0.2) is 26.2 Å². The number of alkyl carbamates (subject to hydrolysis) is 1. The van der Waals surface area contributed by atoms with E-state index in [1.807, 2.05) is 37.4 Å². The van der Waals surface area contributed by atoms with Crippen LogP contribution in [0.15, 0.2) is 30.3 Å². The SMILES string of the molecule is CNCC(C)(C)CNC(=O)OCc1ccccc1. The first-order chi connectivity index (χ1) is 8.53. The Hall–Kier alpha value is -1.55. The van der Waals surface area contributed by atoms with Crippen molar-refractivity contribution in [1.82, 2.24) is 10.6 Å². The van der Waals surface area contributed by atoms with E-state index in [0.717, 1.165) is 12.1 Å². The highest BCUT2D eigenvalue weighted by atomic mass is 16.5. The Bertz CT molecular complexity index is 363. The smallest absolute Gasteiger partial charge is 0.407 e. The average Bonchev–Trinajstić information content (AvgIpc) is 2.35. The molecule has 1 rings (SSSR count). The Morgan fingerprint density at radius 1 is 1.22 bits per heavy atom. The van der Waals surface area contributed by atoms with Gasteiger partial charge in [-0.3, -0.25) is 0 Å². The summed E-state index contributed by atoms with van der Waals surface area (Å²) in [6.07, 6.45) is -0.372. The summed E-state index contributed by atoms with van der Waals surface area (Å²) in [5.74, 6) is 0. The molecule has 0 atom stereocenters. The summed E-state index contributed by atoms with van der Waals surface area (Å²) < 4.78 is 5.13. The zero-order chi connectivity index (χ0) is 13.4. The first kappa shape index (κ1) is 14.5. The molecule has 0 aliphatic rings. The molecule has 0 fully saturated rings. The lowest BCUT2D eigenvalue weighted by Crippen LogP contribution is -2.39. The zero-order valence-electron chi connectivity index (χ0n) is 11.3. The van der Waals surface area contributed by atoms with Gasteiger partial charge in [0.25, 0.3) is 0 Å². The quantitative estimate of drug-likeness (QED) is 0.813. The van der Waals surface area contributed by atoms with Gasteiger partial charge in [-0.05, 0) is 18.0 Å². The largest absolute Gasteiger partial charge is 0.445 e. The molecule has 1 aromatic rings. The van der Waals surface area contributed by atoms with Crippen LogP contribution in [0, 0.1) is 5.41 Å². The van der Waals surface area contributed by atoms with Crippen molar-refractivity contribution in [3.05, 3.63) is 35.9 Å². The van der Waals surface area contributed by atoms with Crippen LogP contribution in [0.5, 0.6) is 0 Å². The second-order valence-electron chi connectivity index (χ2n) is 5.11. The molecule has 0 radical (unpaired) electrons. The van der Waals surface area contributed by atoms with Crippen molar-refractivity contribution in [3.63, 3.8) is 0 Å². The van der Waals surface area contributed by atoms with E-state index in [-0.39, 0.29) is 11.5 Å². The van der Waals surface area contributed by atoms with Crippen molar-refractivity contribution in [2.24, 2.45) is 5.41 Å². The van der Waals surface area contributed by atoms with Gasteiger partial charge in [0.2, 0.25) is 0 Å². The van der Waals surface area contributed by atoms with Crippen LogP contribution in [-0.2, 0) is 11.3 Å². The molecule has 0 spiro atoms. The molecule has 100 valence electrons. The summed E-state index contributed by atoms with van der Waals surface area (Å²) in [5, 5.41) is 5.87. The van der Waals surface area contributed by atoms with E-state index in [2.05, 4.69) is 24.5 Å². The Morgan fingerprint density at radius 3 is 2.50 bits per heavy atom. The van der Waals surface area contributed by atoms with E-state index in [1.165, 1.54) is 0 Å². The van der Waals surface area contributed by atoms with Gasteiger partial charge in [0, 0.05) is 13.1 Å². The first-order valence-electron chi connectivity index (χ1n) is 6.13. The molecule has 0 bridgehead atoms. The van der Waals surface area contributed by atoms with Crippen LogP contribution >= 0.6 is 0 Å². The number of nitrogens with one attached hydrogen (secondary N) is 2. The van der Waals surface area contributed by atoms with Gasteiger partial charge in [0.1, 0.15) is 6.61 Å². The van der Waals surface area contributed by atoms with E-state index in [4.69, 9.17) is 4.74 Å². The molecule has 0 saturated carbocycles. The Balaban J connectivity index is 2.26.